The highest BCUT2D eigenvalue weighted by atomic mass is 16.4. The molecule has 0 saturated heterocycles. The Bertz CT molecular complexity index is 804. The maximum Gasteiger partial charge on any atom is 0.335 e. The van der Waals surface area contributed by atoms with Gasteiger partial charge in [0.25, 0.3) is 0 Å². The number of carbonyl (C=O) groups is 1. The number of aromatic nitrogens is 1. The van der Waals surface area contributed by atoms with Crippen molar-refractivity contribution in [2.45, 2.75) is 33.1 Å². The molecule has 4 nitrogen and oxygen atoms in total. The van der Waals surface area contributed by atoms with Crippen molar-refractivity contribution in [3.63, 3.8) is 0 Å². The maximum atomic E-state index is 10.9. The standard InChI is InChI=1S/C20H21NO3/c1-20(2,3)16-10-8-13(9-11-16)17-12-21-18(24-17)14-4-6-15(7-5-14)19(22)23/h4-8,10-13H,9H2,1-3H3,(H,22,23). The molecule has 1 N–H and O–H groups in total. The number of oxazole rings is 1. The van der Waals surface area contributed by atoms with Crippen LogP contribution in [0.5, 0.6) is 0 Å². The van der Waals surface area contributed by atoms with Crippen molar-refractivity contribution in [3.05, 3.63) is 65.6 Å². The highest BCUT2D eigenvalue weighted by Gasteiger charge is 2.21. The van der Waals surface area contributed by atoms with Crippen LogP contribution in [-0.2, 0) is 0 Å². The summed E-state index contributed by atoms with van der Waals surface area (Å²) >= 11 is 0. The zero-order chi connectivity index (χ0) is 17.3. The van der Waals surface area contributed by atoms with E-state index in [1.807, 2.05) is 0 Å². The zero-order valence-electron chi connectivity index (χ0n) is 14.1. The van der Waals surface area contributed by atoms with Crippen molar-refractivity contribution in [1.82, 2.24) is 4.98 Å². The summed E-state index contributed by atoms with van der Waals surface area (Å²) < 4.78 is 5.89. The number of hydrogen-bond acceptors (Lipinski definition) is 3. The lowest BCUT2D eigenvalue weighted by atomic mass is 9.81. The Morgan fingerprint density at radius 3 is 2.50 bits per heavy atom. The molecule has 0 aliphatic heterocycles. The van der Waals surface area contributed by atoms with Crippen LogP contribution >= 0.6 is 0 Å². The van der Waals surface area contributed by atoms with Gasteiger partial charge in [-0.05, 0) is 41.7 Å². The largest absolute Gasteiger partial charge is 0.478 e. The molecule has 24 heavy (non-hydrogen) atoms. The molecule has 4 heteroatoms. The maximum absolute atomic E-state index is 10.9. The van der Waals surface area contributed by atoms with Gasteiger partial charge in [0.15, 0.2) is 0 Å². The van der Waals surface area contributed by atoms with E-state index >= 15 is 0 Å². The zero-order valence-corrected chi connectivity index (χ0v) is 14.1. The van der Waals surface area contributed by atoms with Crippen LogP contribution in [0.2, 0.25) is 0 Å². The van der Waals surface area contributed by atoms with Gasteiger partial charge in [0, 0.05) is 11.5 Å². The van der Waals surface area contributed by atoms with Crippen LogP contribution in [-0.4, -0.2) is 16.1 Å². The third-order valence-corrected chi connectivity index (χ3v) is 4.23. The fourth-order valence-corrected chi connectivity index (χ4v) is 2.73. The summed E-state index contributed by atoms with van der Waals surface area (Å²) in [6, 6.07) is 6.54. The average molecular weight is 323 g/mol. The van der Waals surface area contributed by atoms with Crippen LogP contribution in [0.4, 0.5) is 0 Å². The Morgan fingerprint density at radius 1 is 1.25 bits per heavy atom. The fraction of sp³-hybridized carbons (Fsp3) is 0.300. The van der Waals surface area contributed by atoms with Crippen molar-refractivity contribution in [2.75, 3.05) is 0 Å². The van der Waals surface area contributed by atoms with Crippen molar-refractivity contribution >= 4 is 5.97 Å². The van der Waals surface area contributed by atoms with E-state index in [2.05, 4.69) is 44.0 Å². The predicted molar refractivity (Wildman–Crippen MR) is 92.9 cm³/mol. The lowest BCUT2D eigenvalue weighted by Crippen LogP contribution is -2.10. The minimum atomic E-state index is -0.941. The highest BCUT2D eigenvalue weighted by molar-refractivity contribution is 5.88. The third kappa shape index (κ3) is 3.32. The number of benzene rings is 1. The van der Waals surface area contributed by atoms with Gasteiger partial charge >= 0.3 is 5.97 Å². The summed E-state index contributed by atoms with van der Waals surface area (Å²) in [5.41, 5.74) is 2.51. The SMILES string of the molecule is CC(C)(C)C1=CCC(c2cnc(-c3ccc(C(=O)O)cc3)o2)C=C1. The first-order valence-electron chi connectivity index (χ1n) is 8.03. The molecule has 1 aliphatic rings. The van der Waals surface area contributed by atoms with Crippen molar-refractivity contribution in [1.29, 1.82) is 0 Å². The van der Waals surface area contributed by atoms with E-state index in [0.717, 1.165) is 17.7 Å². The van der Waals surface area contributed by atoms with Crippen LogP contribution in [0.25, 0.3) is 11.5 Å². The molecule has 0 radical (unpaired) electrons. The number of aromatic carboxylic acids is 1. The molecule has 0 saturated carbocycles. The number of carboxylic acid groups (broad SMARTS) is 1. The van der Waals surface area contributed by atoms with Crippen molar-refractivity contribution in [3.8, 4) is 11.5 Å². The number of nitrogens with zero attached hydrogens (tertiary/aromatic N) is 1. The smallest absolute Gasteiger partial charge is 0.335 e. The summed E-state index contributed by atoms with van der Waals surface area (Å²) in [5, 5.41) is 8.95. The van der Waals surface area contributed by atoms with Crippen molar-refractivity contribution < 1.29 is 14.3 Å². The molecule has 1 aromatic carbocycles. The number of hydrogen-bond donors (Lipinski definition) is 1. The van der Waals surface area contributed by atoms with Gasteiger partial charge in [-0.2, -0.15) is 0 Å². The molecule has 1 heterocycles. The molecule has 124 valence electrons. The molecular weight excluding hydrogens is 302 g/mol. The molecule has 0 amide bonds. The van der Waals surface area contributed by atoms with E-state index in [1.165, 1.54) is 5.57 Å². The quantitative estimate of drug-likeness (QED) is 0.858. The second-order valence-electron chi connectivity index (χ2n) is 7.06. The van der Waals surface area contributed by atoms with E-state index in [-0.39, 0.29) is 16.9 Å². The second kappa shape index (κ2) is 6.11. The highest BCUT2D eigenvalue weighted by Crippen LogP contribution is 2.35. The van der Waals surface area contributed by atoms with Gasteiger partial charge in [-0.25, -0.2) is 9.78 Å². The summed E-state index contributed by atoms with van der Waals surface area (Å²) in [6.07, 6.45) is 9.24. The molecule has 1 aromatic heterocycles. The predicted octanol–water partition coefficient (Wildman–Crippen LogP) is 5.06. The van der Waals surface area contributed by atoms with Crippen LogP contribution < -0.4 is 0 Å². The Hall–Kier alpha value is -2.62. The molecule has 3 rings (SSSR count). The Labute approximate surface area is 141 Å². The summed E-state index contributed by atoms with van der Waals surface area (Å²) in [7, 11) is 0. The van der Waals surface area contributed by atoms with Crippen LogP contribution in [0.1, 0.15) is 49.2 Å². The molecule has 2 aromatic rings. The third-order valence-electron chi connectivity index (χ3n) is 4.23. The minimum Gasteiger partial charge on any atom is -0.478 e. The fourth-order valence-electron chi connectivity index (χ4n) is 2.73. The van der Waals surface area contributed by atoms with Gasteiger partial charge in [-0.1, -0.05) is 39.0 Å². The molecule has 0 bridgehead atoms. The second-order valence-corrected chi connectivity index (χ2v) is 7.06. The van der Waals surface area contributed by atoms with Gasteiger partial charge in [-0.3, -0.25) is 0 Å². The lowest BCUT2D eigenvalue weighted by Gasteiger charge is -2.24. The van der Waals surface area contributed by atoms with Crippen LogP contribution in [0.15, 0.2) is 58.7 Å². The normalized spacial score (nSPS) is 17.6. The molecule has 0 spiro atoms. The average Bonchev–Trinajstić information content (AvgIpc) is 3.04. The van der Waals surface area contributed by atoms with E-state index in [1.54, 1.807) is 30.5 Å². The van der Waals surface area contributed by atoms with Crippen LogP contribution in [0.3, 0.4) is 0 Å². The van der Waals surface area contributed by atoms with Gasteiger partial charge in [0.05, 0.1) is 11.8 Å². The van der Waals surface area contributed by atoms with Crippen molar-refractivity contribution in [2.24, 2.45) is 5.41 Å². The van der Waals surface area contributed by atoms with Gasteiger partial charge in [0.1, 0.15) is 5.76 Å². The Balaban J connectivity index is 1.76. The first kappa shape index (κ1) is 16.2. The Kier molecular flexibility index (Phi) is 4.14. The van der Waals surface area contributed by atoms with E-state index < -0.39 is 5.97 Å². The molecule has 1 aliphatic carbocycles. The summed E-state index contributed by atoms with van der Waals surface area (Å²) in [4.78, 5) is 15.2. The monoisotopic (exact) mass is 323 g/mol. The van der Waals surface area contributed by atoms with Crippen LogP contribution in [0, 0.1) is 5.41 Å². The first-order valence-corrected chi connectivity index (χ1v) is 8.03. The van der Waals surface area contributed by atoms with E-state index in [0.29, 0.717) is 5.89 Å². The number of allylic oxidation sites excluding steroid dienone is 4. The molecular formula is C20H21NO3. The van der Waals surface area contributed by atoms with Gasteiger partial charge in [0.2, 0.25) is 5.89 Å². The summed E-state index contributed by atoms with van der Waals surface area (Å²) in [5.74, 6) is 0.591. The number of carboxylic acids is 1. The Morgan fingerprint density at radius 2 is 1.96 bits per heavy atom. The molecule has 0 fully saturated rings. The van der Waals surface area contributed by atoms with Gasteiger partial charge in [-0.15, -0.1) is 0 Å². The topological polar surface area (TPSA) is 63.3 Å². The molecule has 1 atom stereocenters. The van der Waals surface area contributed by atoms with E-state index in [9.17, 15) is 4.79 Å². The summed E-state index contributed by atoms with van der Waals surface area (Å²) in [6.45, 7) is 6.62. The van der Waals surface area contributed by atoms with E-state index in [4.69, 9.17) is 9.52 Å². The lowest BCUT2D eigenvalue weighted by molar-refractivity contribution is 0.0697. The molecule has 1 unspecified atom stereocenters. The number of rotatable bonds is 3. The van der Waals surface area contributed by atoms with Gasteiger partial charge < -0.3 is 9.52 Å². The minimum absolute atomic E-state index is 0.153. The first-order chi connectivity index (χ1) is 11.3.